The smallest absolute Gasteiger partial charge is 0.265 e. The summed E-state index contributed by atoms with van der Waals surface area (Å²) < 4.78 is 18.4. The average molecular weight is 369 g/mol. The van der Waals surface area contributed by atoms with Crippen molar-refractivity contribution < 1.29 is 13.9 Å². The Morgan fingerprint density at radius 1 is 1.19 bits per heavy atom. The fraction of sp³-hybridized carbons (Fsp3) is 0.421. The van der Waals surface area contributed by atoms with Gasteiger partial charge in [0.15, 0.2) is 5.82 Å². The molecule has 1 aliphatic rings. The zero-order chi connectivity index (χ0) is 19.0. The maximum atomic E-state index is 5.54. The minimum absolute atomic E-state index is 0.114. The summed E-state index contributed by atoms with van der Waals surface area (Å²) in [5.74, 6) is 3.73. The van der Waals surface area contributed by atoms with E-state index in [4.69, 9.17) is 13.9 Å². The molecule has 142 valence electrons. The minimum atomic E-state index is 0.114. The summed E-state index contributed by atoms with van der Waals surface area (Å²) in [5, 5.41) is 8.72. The molecule has 0 unspecified atom stereocenters. The van der Waals surface area contributed by atoms with Crippen molar-refractivity contribution in [3.8, 4) is 23.2 Å². The van der Waals surface area contributed by atoms with Crippen LogP contribution < -0.4 is 9.47 Å². The fourth-order valence-electron chi connectivity index (χ4n) is 3.46. The lowest BCUT2D eigenvalue weighted by Gasteiger charge is -2.33. The Kier molecular flexibility index (Phi) is 4.57. The Balaban J connectivity index is 1.58. The minimum Gasteiger partial charge on any atom is -0.497 e. The molecule has 0 spiro atoms. The molecule has 4 rings (SSSR count). The number of hydrogen-bond donors (Lipinski definition) is 0. The lowest BCUT2D eigenvalue weighted by molar-refractivity contribution is 0.155. The van der Waals surface area contributed by atoms with Crippen molar-refractivity contribution in [3.63, 3.8) is 0 Å². The third kappa shape index (κ3) is 3.16. The van der Waals surface area contributed by atoms with Crippen LogP contribution in [0.1, 0.15) is 30.0 Å². The first kappa shape index (κ1) is 17.5. The lowest BCUT2D eigenvalue weighted by Crippen LogP contribution is -2.36. The number of methoxy groups -OCH3 is 2. The number of nitrogens with zero attached hydrogens (tertiary/aromatic N) is 5. The molecular weight excluding hydrogens is 346 g/mol. The van der Waals surface area contributed by atoms with Gasteiger partial charge in [-0.25, -0.2) is 4.98 Å². The van der Waals surface area contributed by atoms with Gasteiger partial charge in [-0.2, -0.15) is 0 Å². The molecule has 0 amide bonds. The molecule has 1 aliphatic heterocycles. The predicted octanol–water partition coefficient (Wildman–Crippen LogP) is 2.84. The van der Waals surface area contributed by atoms with Crippen LogP contribution in [0.25, 0.3) is 11.7 Å². The summed E-state index contributed by atoms with van der Waals surface area (Å²) in [5.41, 5.74) is 1.95. The Morgan fingerprint density at radius 3 is 2.74 bits per heavy atom. The van der Waals surface area contributed by atoms with Crippen LogP contribution >= 0.6 is 0 Å². The van der Waals surface area contributed by atoms with Crippen molar-refractivity contribution in [1.29, 1.82) is 0 Å². The number of hydrogen-bond acceptors (Lipinski definition) is 7. The van der Waals surface area contributed by atoms with E-state index >= 15 is 0 Å². The monoisotopic (exact) mass is 369 g/mol. The maximum Gasteiger partial charge on any atom is 0.265 e. The normalized spacial score (nSPS) is 17.0. The number of ether oxygens (including phenoxy) is 2. The highest BCUT2D eigenvalue weighted by molar-refractivity contribution is 5.42. The van der Waals surface area contributed by atoms with E-state index in [2.05, 4.69) is 31.6 Å². The number of aryl methyl sites for hydroxylation is 1. The molecule has 3 heterocycles. The predicted molar refractivity (Wildman–Crippen MR) is 98.6 cm³/mol. The second kappa shape index (κ2) is 7.03. The third-order valence-electron chi connectivity index (χ3n) is 4.99. The van der Waals surface area contributed by atoms with Crippen molar-refractivity contribution in [1.82, 2.24) is 24.6 Å². The van der Waals surface area contributed by atoms with E-state index in [1.807, 2.05) is 25.1 Å². The van der Waals surface area contributed by atoms with E-state index < -0.39 is 0 Å². The van der Waals surface area contributed by atoms with Crippen molar-refractivity contribution >= 4 is 0 Å². The topological polar surface area (TPSA) is 78.4 Å². The standard InChI is InChI=1S/C19H23N5O3/c1-12-11-27-19(20-12)18-22-21-17-13(2)23(7-8-24(17)18)10-14-5-6-15(25-3)9-16(14)26-4/h5-6,9,11,13H,7-8,10H2,1-4H3/t13-/m1/s1. The number of rotatable bonds is 5. The van der Waals surface area contributed by atoms with E-state index in [9.17, 15) is 0 Å². The van der Waals surface area contributed by atoms with Crippen molar-refractivity contribution in [2.45, 2.75) is 33.0 Å². The van der Waals surface area contributed by atoms with Crippen LogP contribution in [0.15, 0.2) is 28.9 Å². The Morgan fingerprint density at radius 2 is 2.04 bits per heavy atom. The van der Waals surface area contributed by atoms with Crippen LogP contribution in [0.4, 0.5) is 0 Å². The molecule has 0 bridgehead atoms. The van der Waals surface area contributed by atoms with Gasteiger partial charge in [-0.05, 0) is 19.9 Å². The average Bonchev–Trinajstić information content (AvgIpc) is 3.30. The molecular formula is C19H23N5O3. The van der Waals surface area contributed by atoms with Gasteiger partial charge in [-0.3, -0.25) is 4.90 Å². The summed E-state index contributed by atoms with van der Waals surface area (Å²) in [6, 6.07) is 6.03. The molecule has 0 radical (unpaired) electrons. The van der Waals surface area contributed by atoms with Gasteiger partial charge in [0.2, 0.25) is 5.82 Å². The van der Waals surface area contributed by atoms with Gasteiger partial charge in [-0.15, -0.1) is 10.2 Å². The molecule has 2 aromatic heterocycles. The Labute approximate surface area is 157 Å². The highest BCUT2D eigenvalue weighted by Gasteiger charge is 2.30. The molecule has 8 nitrogen and oxygen atoms in total. The quantitative estimate of drug-likeness (QED) is 0.684. The van der Waals surface area contributed by atoms with Gasteiger partial charge in [-0.1, -0.05) is 6.07 Å². The van der Waals surface area contributed by atoms with E-state index in [-0.39, 0.29) is 6.04 Å². The molecule has 0 aliphatic carbocycles. The van der Waals surface area contributed by atoms with Crippen molar-refractivity contribution in [2.24, 2.45) is 0 Å². The summed E-state index contributed by atoms with van der Waals surface area (Å²) in [7, 11) is 3.33. The summed E-state index contributed by atoms with van der Waals surface area (Å²) in [4.78, 5) is 6.74. The second-order valence-corrected chi connectivity index (χ2v) is 6.65. The van der Waals surface area contributed by atoms with Gasteiger partial charge in [0, 0.05) is 31.3 Å². The van der Waals surface area contributed by atoms with Crippen molar-refractivity contribution in [3.05, 3.63) is 41.5 Å². The molecule has 1 atom stereocenters. The maximum absolute atomic E-state index is 5.54. The SMILES string of the molecule is COc1ccc(CN2CCn3c(-c4nc(C)co4)nnc3[C@H]2C)c(OC)c1. The number of fused-ring (bicyclic) bond motifs is 1. The van der Waals surface area contributed by atoms with E-state index in [1.54, 1.807) is 20.5 Å². The van der Waals surface area contributed by atoms with Gasteiger partial charge in [0.05, 0.1) is 26.0 Å². The van der Waals surface area contributed by atoms with Crippen LogP contribution in [-0.2, 0) is 13.1 Å². The first-order chi connectivity index (χ1) is 13.1. The van der Waals surface area contributed by atoms with Gasteiger partial charge < -0.3 is 18.5 Å². The highest BCUT2D eigenvalue weighted by Crippen LogP contribution is 2.32. The number of aromatic nitrogens is 4. The second-order valence-electron chi connectivity index (χ2n) is 6.65. The van der Waals surface area contributed by atoms with Crippen LogP contribution in [0.5, 0.6) is 11.5 Å². The van der Waals surface area contributed by atoms with E-state index in [0.29, 0.717) is 11.7 Å². The molecule has 8 heteroatoms. The molecule has 0 saturated heterocycles. The number of benzene rings is 1. The van der Waals surface area contributed by atoms with Crippen molar-refractivity contribution in [2.75, 3.05) is 20.8 Å². The lowest BCUT2D eigenvalue weighted by atomic mass is 10.1. The highest BCUT2D eigenvalue weighted by atomic mass is 16.5. The fourth-order valence-corrected chi connectivity index (χ4v) is 3.46. The molecule has 0 saturated carbocycles. The van der Waals surface area contributed by atoms with Crippen LogP contribution in [0.2, 0.25) is 0 Å². The Bertz CT molecular complexity index is 949. The van der Waals surface area contributed by atoms with Gasteiger partial charge >= 0.3 is 0 Å². The van der Waals surface area contributed by atoms with Gasteiger partial charge in [0.1, 0.15) is 17.8 Å². The summed E-state index contributed by atoms with van der Waals surface area (Å²) in [6.07, 6.45) is 1.63. The molecule has 0 fully saturated rings. The summed E-state index contributed by atoms with van der Waals surface area (Å²) in [6.45, 7) is 6.44. The van der Waals surface area contributed by atoms with Crippen LogP contribution in [0, 0.1) is 6.92 Å². The Hall–Kier alpha value is -2.87. The molecule has 3 aromatic rings. The van der Waals surface area contributed by atoms with Crippen LogP contribution in [0.3, 0.4) is 0 Å². The first-order valence-electron chi connectivity index (χ1n) is 8.91. The molecule has 27 heavy (non-hydrogen) atoms. The van der Waals surface area contributed by atoms with Crippen LogP contribution in [-0.4, -0.2) is 45.4 Å². The molecule has 0 N–H and O–H groups in total. The summed E-state index contributed by atoms with van der Waals surface area (Å²) >= 11 is 0. The number of oxazole rings is 1. The largest absolute Gasteiger partial charge is 0.497 e. The molecule has 1 aromatic carbocycles. The zero-order valence-corrected chi connectivity index (χ0v) is 16.0. The van der Waals surface area contributed by atoms with Gasteiger partial charge in [0.25, 0.3) is 5.89 Å². The zero-order valence-electron chi connectivity index (χ0n) is 16.0. The third-order valence-corrected chi connectivity index (χ3v) is 4.99. The van der Waals surface area contributed by atoms with E-state index in [0.717, 1.165) is 48.2 Å². The first-order valence-corrected chi connectivity index (χ1v) is 8.91. The van der Waals surface area contributed by atoms with E-state index in [1.165, 1.54) is 0 Å².